The molecule has 1 aromatic heterocycles. The van der Waals surface area contributed by atoms with Gasteiger partial charge in [0.15, 0.2) is 0 Å². The summed E-state index contributed by atoms with van der Waals surface area (Å²) in [5, 5.41) is 0.364. The SMILES string of the molecule is Fc1cccc(Cl)c1C[n+]1ccn(CCCCCCCCCCCC(F)(F)C(F)(F)C(F)(F)C(F)(F)C(F)(F)F)c1C1CC1. The van der Waals surface area contributed by atoms with Crippen LogP contribution in [0.25, 0.3) is 0 Å². The number of benzene rings is 1. The Labute approximate surface area is 252 Å². The Morgan fingerprint density at radius 3 is 1.80 bits per heavy atom. The van der Waals surface area contributed by atoms with Gasteiger partial charge < -0.3 is 0 Å². The predicted octanol–water partition coefficient (Wildman–Crippen LogP) is 10.5. The first-order valence-electron chi connectivity index (χ1n) is 14.4. The molecule has 0 atom stereocenters. The van der Waals surface area contributed by atoms with E-state index in [1.54, 1.807) is 12.1 Å². The highest BCUT2D eigenvalue weighted by molar-refractivity contribution is 6.31. The minimum Gasteiger partial charge on any atom is -0.234 e. The molecule has 0 spiro atoms. The molecule has 0 N–H and O–H groups in total. The second-order valence-corrected chi connectivity index (χ2v) is 11.7. The van der Waals surface area contributed by atoms with Crippen LogP contribution in [0.15, 0.2) is 30.6 Å². The molecule has 250 valence electrons. The molecule has 44 heavy (non-hydrogen) atoms. The second-order valence-electron chi connectivity index (χ2n) is 11.3. The number of rotatable bonds is 18. The zero-order valence-electron chi connectivity index (χ0n) is 23.7. The molecule has 0 bridgehead atoms. The van der Waals surface area contributed by atoms with E-state index < -0.39 is 42.7 Å². The van der Waals surface area contributed by atoms with Gasteiger partial charge in [0.05, 0.1) is 17.5 Å². The molecule has 0 saturated heterocycles. The number of nitrogens with zero attached hydrogens (tertiary/aromatic N) is 2. The Kier molecular flexibility index (Phi) is 11.7. The molecule has 1 heterocycles. The summed E-state index contributed by atoms with van der Waals surface area (Å²) in [6, 6.07) is 4.57. The summed E-state index contributed by atoms with van der Waals surface area (Å²) in [5.41, 5.74) is 0.428. The molecule has 0 amide bonds. The maximum Gasteiger partial charge on any atom is 0.460 e. The van der Waals surface area contributed by atoms with Crippen LogP contribution in [0.1, 0.15) is 94.4 Å². The molecule has 0 unspecified atom stereocenters. The van der Waals surface area contributed by atoms with Gasteiger partial charge in [-0.1, -0.05) is 56.2 Å². The first-order valence-corrected chi connectivity index (χ1v) is 14.8. The Balaban J connectivity index is 1.34. The minimum absolute atomic E-state index is 0.109. The molecule has 15 heteroatoms. The summed E-state index contributed by atoms with van der Waals surface area (Å²) in [7, 11) is 0. The summed E-state index contributed by atoms with van der Waals surface area (Å²) >= 11 is 6.19. The number of imidazole rings is 1. The van der Waals surface area contributed by atoms with Gasteiger partial charge >= 0.3 is 29.9 Å². The lowest BCUT2D eigenvalue weighted by molar-refractivity contribution is -0.695. The summed E-state index contributed by atoms with van der Waals surface area (Å²) in [4.78, 5) is 0. The molecule has 2 aromatic rings. The van der Waals surface area contributed by atoms with Crippen LogP contribution in [0, 0.1) is 5.82 Å². The highest BCUT2D eigenvalue weighted by Crippen LogP contribution is 2.58. The zero-order valence-corrected chi connectivity index (χ0v) is 24.4. The van der Waals surface area contributed by atoms with Gasteiger partial charge in [-0.15, -0.1) is 0 Å². The van der Waals surface area contributed by atoms with E-state index in [-0.39, 0.29) is 18.7 Å². The third kappa shape index (κ3) is 7.99. The number of aromatic nitrogens is 2. The van der Waals surface area contributed by atoms with Crippen molar-refractivity contribution in [1.82, 2.24) is 4.57 Å². The molecule has 0 radical (unpaired) electrons. The van der Waals surface area contributed by atoms with Crippen LogP contribution in [0.5, 0.6) is 0 Å². The van der Waals surface area contributed by atoms with Crippen LogP contribution >= 0.6 is 11.6 Å². The highest BCUT2D eigenvalue weighted by Gasteiger charge is 2.86. The monoisotopic (exact) mass is 673 g/mol. The van der Waals surface area contributed by atoms with Crippen LogP contribution in [0.2, 0.25) is 5.02 Å². The van der Waals surface area contributed by atoms with E-state index in [1.165, 1.54) is 6.07 Å². The summed E-state index contributed by atoms with van der Waals surface area (Å²) in [5.74, 6) is -26.2. The average molecular weight is 674 g/mol. The van der Waals surface area contributed by atoms with E-state index in [0.29, 0.717) is 35.9 Å². The van der Waals surface area contributed by atoms with E-state index in [9.17, 15) is 52.7 Å². The van der Waals surface area contributed by atoms with Gasteiger partial charge in [-0.2, -0.15) is 48.3 Å². The second kappa shape index (κ2) is 14.1. The average Bonchev–Trinajstić information content (AvgIpc) is 3.68. The summed E-state index contributed by atoms with van der Waals surface area (Å²) in [6.07, 6.45) is 0.910. The van der Waals surface area contributed by atoms with Gasteiger partial charge in [0.2, 0.25) is 0 Å². The molecule has 0 aliphatic heterocycles. The quantitative estimate of drug-likeness (QED) is 0.0846. The maximum atomic E-state index is 14.3. The first kappa shape index (κ1) is 36.3. The Bertz CT molecular complexity index is 1200. The summed E-state index contributed by atoms with van der Waals surface area (Å²) in [6.45, 7) is 1.08. The fourth-order valence-electron chi connectivity index (χ4n) is 5.09. The van der Waals surface area contributed by atoms with Crippen LogP contribution < -0.4 is 4.57 Å². The van der Waals surface area contributed by atoms with Gasteiger partial charge in [-0.3, -0.25) is 0 Å². The van der Waals surface area contributed by atoms with E-state index in [4.69, 9.17) is 11.6 Å². The van der Waals surface area contributed by atoms with E-state index in [1.807, 2.05) is 17.0 Å². The van der Waals surface area contributed by atoms with Crippen LogP contribution in [0.3, 0.4) is 0 Å². The minimum atomic E-state index is -7.34. The standard InChI is InChI=1S/C29H34ClF12N2/c30-22-11-10-12-23(31)21(22)19-44-18-17-43(24(44)20-13-14-20)16-9-7-5-3-1-2-4-6-8-15-25(32,33)26(34,35)27(36,37)28(38,39)29(40,41)42/h10-12,17-18,20H,1-9,13-16,19H2/q+1. The Morgan fingerprint density at radius 2 is 1.27 bits per heavy atom. The lowest BCUT2D eigenvalue weighted by Crippen LogP contribution is -2.66. The molecule has 1 aliphatic rings. The molecular weight excluding hydrogens is 640 g/mol. The van der Waals surface area contributed by atoms with Gasteiger partial charge in [0.1, 0.15) is 24.8 Å². The Hall–Kier alpha value is -2.12. The molecule has 3 rings (SSSR count). The molecule has 1 saturated carbocycles. The van der Waals surface area contributed by atoms with Crippen molar-refractivity contribution in [2.45, 2.75) is 126 Å². The first-order chi connectivity index (χ1) is 20.3. The van der Waals surface area contributed by atoms with Crippen molar-refractivity contribution in [3.8, 4) is 0 Å². The number of alkyl halides is 11. The third-order valence-electron chi connectivity index (χ3n) is 7.84. The van der Waals surface area contributed by atoms with Crippen molar-refractivity contribution >= 4 is 11.6 Å². The van der Waals surface area contributed by atoms with Gasteiger partial charge in [-0.05, 0) is 44.2 Å². The Morgan fingerprint density at radius 1 is 0.727 bits per heavy atom. The molecule has 1 fully saturated rings. The number of unbranched alkanes of at least 4 members (excludes halogenated alkanes) is 8. The number of hydrogen-bond acceptors (Lipinski definition) is 0. The summed E-state index contributed by atoms with van der Waals surface area (Å²) < 4.78 is 162. The molecule has 2 nitrogen and oxygen atoms in total. The van der Waals surface area contributed by atoms with Gasteiger partial charge in [0.25, 0.3) is 5.82 Å². The van der Waals surface area contributed by atoms with Crippen molar-refractivity contribution in [3.05, 3.63) is 52.8 Å². The lowest BCUT2D eigenvalue weighted by atomic mass is 9.94. The van der Waals surface area contributed by atoms with Crippen LogP contribution in [0.4, 0.5) is 52.7 Å². The molecular formula is C29H34ClF12N2+. The smallest absolute Gasteiger partial charge is 0.234 e. The number of halogens is 13. The van der Waals surface area contributed by atoms with Crippen molar-refractivity contribution < 1.29 is 57.3 Å². The van der Waals surface area contributed by atoms with E-state index >= 15 is 0 Å². The van der Waals surface area contributed by atoms with E-state index in [2.05, 4.69) is 4.57 Å². The van der Waals surface area contributed by atoms with Crippen LogP contribution in [-0.4, -0.2) is 34.4 Å². The highest BCUT2D eigenvalue weighted by atomic mass is 35.5. The topological polar surface area (TPSA) is 8.81 Å². The van der Waals surface area contributed by atoms with Gasteiger partial charge in [-0.25, -0.2) is 13.5 Å². The number of hydrogen-bond donors (Lipinski definition) is 0. The fraction of sp³-hybridized carbons (Fsp3) is 0.690. The zero-order chi connectivity index (χ0) is 33.0. The fourth-order valence-corrected chi connectivity index (χ4v) is 5.32. The van der Waals surface area contributed by atoms with Crippen molar-refractivity contribution in [3.63, 3.8) is 0 Å². The predicted molar refractivity (Wildman–Crippen MR) is 139 cm³/mol. The molecule has 1 aromatic carbocycles. The van der Waals surface area contributed by atoms with Crippen LogP contribution in [-0.2, 0) is 13.1 Å². The molecule has 1 aliphatic carbocycles. The maximum absolute atomic E-state index is 14.3. The van der Waals surface area contributed by atoms with Crippen molar-refractivity contribution in [1.29, 1.82) is 0 Å². The lowest BCUT2D eigenvalue weighted by Gasteiger charge is -2.37. The van der Waals surface area contributed by atoms with E-state index in [0.717, 1.165) is 50.9 Å². The normalized spacial score (nSPS) is 15.3. The van der Waals surface area contributed by atoms with Crippen molar-refractivity contribution in [2.24, 2.45) is 0 Å². The van der Waals surface area contributed by atoms with Gasteiger partial charge in [0, 0.05) is 12.0 Å². The largest absolute Gasteiger partial charge is 0.460 e. The van der Waals surface area contributed by atoms with Crippen molar-refractivity contribution in [2.75, 3.05) is 0 Å². The number of aryl methyl sites for hydroxylation is 1. The third-order valence-corrected chi connectivity index (χ3v) is 8.20.